The molecular formula is C21H32O. The van der Waals surface area contributed by atoms with E-state index < -0.39 is 0 Å². The molecule has 3 aliphatic rings. The van der Waals surface area contributed by atoms with Crippen LogP contribution in [0.2, 0.25) is 0 Å². The van der Waals surface area contributed by atoms with Crippen molar-refractivity contribution in [3.63, 3.8) is 0 Å². The van der Waals surface area contributed by atoms with Gasteiger partial charge in [-0.2, -0.15) is 0 Å². The Morgan fingerprint density at radius 1 is 1.05 bits per heavy atom. The van der Waals surface area contributed by atoms with Crippen LogP contribution in [0.4, 0.5) is 0 Å². The zero-order valence-electron chi connectivity index (χ0n) is 14.4. The number of rotatable bonds is 3. The first-order valence-corrected chi connectivity index (χ1v) is 9.78. The molecule has 122 valence electrons. The lowest BCUT2D eigenvalue weighted by Gasteiger charge is -2.37. The molecule has 1 heteroatoms. The number of hydrogen-bond acceptors (Lipinski definition) is 1. The van der Waals surface area contributed by atoms with Crippen LogP contribution in [0.25, 0.3) is 0 Å². The lowest BCUT2D eigenvalue weighted by Crippen LogP contribution is -2.28. The second kappa shape index (κ2) is 6.06. The summed E-state index contributed by atoms with van der Waals surface area (Å²) < 4.78 is 6.05. The molecule has 1 nitrogen and oxygen atoms in total. The number of aryl methyl sites for hydroxylation is 1. The second-order valence-corrected chi connectivity index (χ2v) is 8.59. The molecule has 3 saturated carbocycles. The Labute approximate surface area is 135 Å². The monoisotopic (exact) mass is 300 g/mol. The van der Waals surface area contributed by atoms with Gasteiger partial charge in [0.2, 0.25) is 0 Å². The van der Waals surface area contributed by atoms with Gasteiger partial charge in [0, 0.05) is 5.92 Å². The number of furan rings is 1. The summed E-state index contributed by atoms with van der Waals surface area (Å²) in [7, 11) is 0. The fraction of sp³-hybridized carbons (Fsp3) is 0.810. The smallest absolute Gasteiger partial charge is 0.107 e. The van der Waals surface area contributed by atoms with Crippen LogP contribution in [0.1, 0.15) is 82.1 Å². The molecule has 5 atom stereocenters. The van der Waals surface area contributed by atoms with Crippen LogP contribution in [0.3, 0.4) is 0 Å². The Kier molecular flexibility index (Phi) is 4.09. The van der Waals surface area contributed by atoms with Crippen molar-refractivity contribution in [2.24, 2.45) is 29.6 Å². The Hall–Kier alpha value is -0.720. The lowest BCUT2D eigenvalue weighted by atomic mass is 9.68. The third-order valence-electron chi connectivity index (χ3n) is 7.19. The molecule has 5 unspecified atom stereocenters. The molecule has 22 heavy (non-hydrogen) atoms. The van der Waals surface area contributed by atoms with Gasteiger partial charge in [0.1, 0.15) is 11.5 Å². The van der Waals surface area contributed by atoms with Gasteiger partial charge in [0.25, 0.3) is 0 Å². The minimum absolute atomic E-state index is 0.705. The van der Waals surface area contributed by atoms with Gasteiger partial charge in [0.05, 0.1) is 0 Å². The van der Waals surface area contributed by atoms with Crippen molar-refractivity contribution in [2.45, 2.75) is 77.6 Å². The maximum absolute atomic E-state index is 6.05. The van der Waals surface area contributed by atoms with Crippen LogP contribution >= 0.6 is 0 Å². The van der Waals surface area contributed by atoms with Crippen LogP contribution in [0.15, 0.2) is 16.5 Å². The van der Waals surface area contributed by atoms with E-state index in [2.05, 4.69) is 26.0 Å². The van der Waals surface area contributed by atoms with Gasteiger partial charge in [-0.25, -0.2) is 0 Å². The number of hydrogen-bond donors (Lipinski definition) is 0. The zero-order valence-corrected chi connectivity index (χ0v) is 14.4. The van der Waals surface area contributed by atoms with Gasteiger partial charge in [-0.05, 0) is 74.3 Å². The highest BCUT2D eigenvalue weighted by atomic mass is 16.3. The van der Waals surface area contributed by atoms with Gasteiger partial charge in [-0.1, -0.05) is 39.0 Å². The standard InChI is InChI=1S/C21H32O/c1-14-12-17(13-16-6-3-4-7-16)18-8-5-9-19(21(14)18)20-11-10-15(2)22-20/h10-11,14,16-19,21H,3-9,12-13H2,1-2H3. The molecule has 3 aliphatic carbocycles. The topological polar surface area (TPSA) is 13.1 Å². The zero-order chi connectivity index (χ0) is 15.1. The molecule has 0 N–H and O–H groups in total. The minimum Gasteiger partial charge on any atom is -0.466 e. The molecule has 0 spiro atoms. The average molecular weight is 300 g/mol. The molecule has 0 aliphatic heterocycles. The minimum atomic E-state index is 0.705. The van der Waals surface area contributed by atoms with E-state index in [9.17, 15) is 0 Å². The quantitative estimate of drug-likeness (QED) is 0.636. The van der Waals surface area contributed by atoms with Crippen LogP contribution in [0, 0.1) is 36.5 Å². The van der Waals surface area contributed by atoms with E-state index in [1.165, 1.54) is 63.5 Å². The highest BCUT2D eigenvalue weighted by Crippen LogP contribution is 2.56. The molecule has 0 bridgehead atoms. The van der Waals surface area contributed by atoms with E-state index in [1.54, 1.807) is 0 Å². The van der Waals surface area contributed by atoms with E-state index in [0.29, 0.717) is 5.92 Å². The summed E-state index contributed by atoms with van der Waals surface area (Å²) >= 11 is 0. The SMILES string of the molecule is Cc1ccc(C2CCCC3C(CC4CCCC4)CC(C)C23)o1. The molecule has 0 amide bonds. The van der Waals surface area contributed by atoms with E-state index in [0.717, 1.165) is 35.3 Å². The van der Waals surface area contributed by atoms with E-state index in [4.69, 9.17) is 4.42 Å². The third-order valence-corrected chi connectivity index (χ3v) is 7.19. The van der Waals surface area contributed by atoms with Crippen molar-refractivity contribution in [1.82, 2.24) is 0 Å². The predicted octanol–water partition coefficient (Wildman–Crippen LogP) is 6.32. The second-order valence-electron chi connectivity index (χ2n) is 8.59. The first-order valence-electron chi connectivity index (χ1n) is 9.78. The van der Waals surface area contributed by atoms with Gasteiger partial charge < -0.3 is 4.42 Å². The van der Waals surface area contributed by atoms with Crippen LogP contribution < -0.4 is 0 Å². The van der Waals surface area contributed by atoms with Crippen molar-refractivity contribution in [2.75, 3.05) is 0 Å². The molecule has 1 heterocycles. The summed E-state index contributed by atoms with van der Waals surface area (Å²) in [6.45, 7) is 4.62. The maximum atomic E-state index is 6.05. The van der Waals surface area contributed by atoms with E-state index in [-0.39, 0.29) is 0 Å². The average Bonchev–Trinajstić information content (AvgIpc) is 3.22. The lowest BCUT2D eigenvalue weighted by molar-refractivity contribution is 0.151. The Morgan fingerprint density at radius 2 is 1.86 bits per heavy atom. The Balaban J connectivity index is 1.51. The molecule has 1 aromatic rings. The predicted molar refractivity (Wildman–Crippen MR) is 90.9 cm³/mol. The van der Waals surface area contributed by atoms with Crippen molar-refractivity contribution in [1.29, 1.82) is 0 Å². The van der Waals surface area contributed by atoms with Crippen molar-refractivity contribution in [3.05, 3.63) is 23.7 Å². The summed E-state index contributed by atoms with van der Waals surface area (Å²) in [6, 6.07) is 4.42. The summed E-state index contributed by atoms with van der Waals surface area (Å²) in [5, 5.41) is 0. The van der Waals surface area contributed by atoms with Crippen molar-refractivity contribution >= 4 is 0 Å². The first-order chi connectivity index (χ1) is 10.7. The molecule has 1 aromatic heterocycles. The van der Waals surface area contributed by atoms with Crippen molar-refractivity contribution < 1.29 is 4.42 Å². The van der Waals surface area contributed by atoms with Crippen LogP contribution in [-0.2, 0) is 0 Å². The van der Waals surface area contributed by atoms with E-state index in [1.807, 2.05) is 0 Å². The molecule has 0 saturated heterocycles. The van der Waals surface area contributed by atoms with Gasteiger partial charge >= 0.3 is 0 Å². The van der Waals surface area contributed by atoms with E-state index >= 15 is 0 Å². The fourth-order valence-electron chi connectivity index (χ4n) is 6.36. The summed E-state index contributed by atoms with van der Waals surface area (Å²) in [5.41, 5.74) is 0. The van der Waals surface area contributed by atoms with Crippen molar-refractivity contribution in [3.8, 4) is 0 Å². The van der Waals surface area contributed by atoms with Crippen LogP contribution in [-0.4, -0.2) is 0 Å². The van der Waals surface area contributed by atoms with Gasteiger partial charge in [0.15, 0.2) is 0 Å². The number of fused-ring (bicyclic) bond motifs is 1. The highest BCUT2D eigenvalue weighted by molar-refractivity contribution is 5.15. The normalized spacial score (nSPS) is 39.3. The molecule has 0 aromatic carbocycles. The van der Waals surface area contributed by atoms with Gasteiger partial charge in [-0.3, -0.25) is 0 Å². The summed E-state index contributed by atoms with van der Waals surface area (Å²) in [5.74, 6) is 7.93. The Morgan fingerprint density at radius 3 is 2.59 bits per heavy atom. The molecule has 3 fully saturated rings. The highest BCUT2D eigenvalue weighted by Gasteiger charge is 2.47. The molecule has 0 radical (unpaired) electrons. The molecular weight excluding hydrogens is 268 g/mol. The molecule has 4 rings (SSSR count). The largest absolute Gasteiger partial charge is 0.466 e. The Bertz CT molecular complexity index is 496. The first kappa shape index (κ1) is 14.8. The third kappa shape index (κ3) is 2.65. The summed E-state index contributed by atoms with van der Waals surface area (Å²) in [4.78, 5) is 0. The van der Waals surface area contributed by atoms with Crippen LogP contribution in [0.5, 0.6) is 0 Å². The summed E-state index contributed by atoms with van der Waals surface area (Å²) in [6.07, 6.45) is 13.3. The van der Waals surface area contributed by atoms with Gasteiger partial charge in [-0.15, -0.1) is 0 Å². The maximum Gasteiger partial charge on any atom is 0.107 e. The fourth-order valence-corrected chi connectivity index (χ4v) is 6.36.